The zero-order valence-corrected chi connectivity index (χ0v) is 13.7. The van der Waals surface area contributed by atoms with Gasteiger partial charge in [0, 0.05) is 19.4 Å². The number of hydrogen-bond acceptors (Lipinski definition) is 4. The van der Waals surface area contributed by atoms with E-state index in [0.717, 1.165) is 32.2 Å². The Morgan fingerprint density at radius 1 is 1.37 bits per heavy atom. The predicted octanol–water partition coefficient (Wildman–Crippen LogP) is 1.99. The molecular formula is C14H29NO3S. The van der Waals surface area contributed by atoms with Crippen molar-refractivity contribution in [2.45, 2.75) is 63.3 Å². The van der Waals surface area contributed by atoms with Crippen LogP contribution in [0.5, 0.6) is 0 Å². The van der Waals surface area contributed by atoms with Gasteiger partial charge in [0.05, 0.1) is 10.9 Å². The summed E-state index contributed by atoms with van der Waals surface area (Å²) in [5, 5.41) is 3.32. The summed E-state index contributed by atoms with van der Waals surface area (Å²) in [4.78, 5) is 0. The Bertz CT molecular complexity index is 378. The van der Waals surface area contributed by atoms with Crippen molar-refractivity contribution in [1.82, 2.24) is 5.32 Å². The molecule has 1 saturated carbocycles. The Morgan fingerprint density at radius 2 is 2.00 bits per heavy atom. The molecule has 0 bridgehead atoms. The first kappa shape index (κ1) is 16.9. The van der Waals surface area contributed by atoms with Crippen LogP contribution in [-0.2, 0) is 14.6 Å². The summed E-state index contributed by atoms with van der Waals surface area (Å²) in [5.41, 5.74) is -0.278. The van der Waals surface area contributed by atoms with E-state index in [1.807, 2.05) is 0 Å². The fourth-order valence-electron chi connectivity index (χ4n) is 3.20. The van der Waals surface area contributed by atoms with Crippen LogP contribution in [0.1, 0.15) is 46.5 Å². The number of methoxy groups -OCH3 is 1. The molecule has 3 atom stereocenters. The van der Waals surface area contributed by atoms with Gasteiger partial charge in [-0.05, 0) is 45.6 Å². The molecule has 0 aliphatic heterocycles. The number of hydrogen-bond donors (Lipinski definition) is 1. The Labute approximate surface area is 118 Å². The quantitative estimate of drug-likeness (QED) is 0.813. The molecule has 3 unspecified atom stereocenters. The van der Waals surface area contributed by atoms with Gasteiger partial charge in [-0.3, -0.25) is 0 Å². The third kappa shape index (κ3) is 4.43. The van der Waals surface area contributed by atoms with E-state index in [1.54, 1.807) is 7.11 Å². The Hall–Kier alpha value is -0.130. The second-order valence-electron chi connectivity index (χ2n) is 6.22. The molecule has 0 radical (unpaired) electrons. The van der Waals surface area contributed by atoms with Gasteiger partial charge in [0.1, 0.15) is 9.84 Å². The summed E-state index contributed by atoms with van der Waals surface area (Å²) in [6.07, 6.45) is 5.00. The molecule has 1 rings (SSSR count). The third-order valence-corrected chi connectivity index (χ3v) is 6.08. The molecule has 0 saturated heterocycles. The van der Waals surface area contributed by atoms with Crippen LogP contribution >= 0.6 is 0 Å². The molecule has 114 valence electrons. The normalized spacial score (nSPS) is 27.2. The van der Waals surface area contributed by atoms with Crippen molar-refractivity contribution in [2.75, 3.05) is 19.9 Å². The van der Waals surface area contributed by atoms with Crippen molar-refractivity contribution in [3.05, 3.63) is 0 Å². The van der Waals surface area contributed by atoms with Gasteiger partial charge >= 0.3 is 0 Å². The molecule has 0 aromatic rings. The number of rotatable bonds is 6. The van der Waals surface area contributed by atoms with Crippen LogP contribution in [0.15, 0.2) is 0 Å². The van der Waals surface area contributed by atoms with E-state index >= 15 is 0 Å². The summed E-state index contributed by atoms with van der Waals surface area (Å²) < 4.78 is 29.2. The summed E-state index contributed by atoms with van der Waals surface area (Å²) in [6.45, 7) is 7.10. The second kappa shape index (κ2) is 6.55. The highest BCUT2D eigenvalue weighted by atomic mass is 32.2. The molecule has 0 spiro atoms. The van der Waals surface area contributed by atoms with E-state index in [4.69, 9.17) is 4.74 Å². The molecule has 5 heteroatoms. The number of likely N-dealkylation sites (N-methyl/N-ethyl adjacent to an activating group) is 1. The first-order valence-corrected chi connectivity index (χ1v) is 9.15. The molecule has 1 N–H and O–H groups in total. The lowest BCUT2D eigenvalue weighted by molar-refractivity contribution is -0.0322. The lowest BCUT2D eigenvalue weighted by Gasteiger charge is -2.42. The molecule has 0 amide bonds. The first-order valence-electron chi connectivity index (χ1n) is 7.19. The van der Waals surface area contributed by atoms with Gasteiger partial charge in [0.15, 0.2) is 0 Å². The third-order valence-electron chi connectivity index (χ3n) is 4.44. The summed E-state index contributed by atoms with van der Waals surface area (Å²) in [6, 6.07) is 0.201. The van der Waals surface area contributed by atoms with E-state index < -0.39 is 9.84 Å². The van der Waals surface area contributed by atoms with Crippen LogP contribution in [0.3, 0.4) is 0 Å². The maximum atomic E-state index is 11.8. The minimum Gasteiger partial charge on any atom is -0.377 e. The van der Waals surface area contributed by atoms with Crippen molar-refractivity contribution in [2.24, 2.45) is 5.92 Å². The standard InChI is InChI=1S/C14H29NO3S/c1-6-15-13(14(2,3)18-4)11-8-7-9-12(10-11)19(5,16)17/h11-13,15H,6-10H2,1-5H3. The number of ether oxygens (including phenoxy) is 1. The maximum absolute atomic E-state index is 11.8. The molecule has 0 heterocycles. The second-order valence-corrected chi connectivity index (χ2v) is 8.55. The van der Waals surface area contributed by atoms with Crippen LogP contribution < -0.4 is 5.32 Å². The SMILES string of the molecule is CCNC(C1CCCC(S(C)(=O)=O)C1)C(C)(C)OC. The monoisotopic (exact) mass is 291 g/mol. The largest absolute Gasteiger partial charge is 0.377 e. The van der Waals surface area contributed by atoms with Crippen molar-refractivity contribution in [3.63, 3.8) is 0 Å². The predicted molar refractivity (Wildman–Crippen MR) is 79.1 cm³/mol. The van der Waals surface area contributed by atoms with E-state index in [9.17, 15) is 8.42 Å². The molecule has 1 fully saturated rings. The highest BCUT2D eigenvalue weighted by Crippen LogP contribution is 2.34. The van der Waals surface area contributed by atoms with E-state index in [0.29, 0.717) is 5.92 Å². The van der Waals surface area contributed by atoms with Gasteiger partial charge in [-0.25, -0.2) is 8.42 Å². The lowest BCUT2D eigenvalue weighted by atomic mass is 9.77. The van der Waals surface area contributed by atoms with Gasteiger partial charge in [-0.15, -0.1) is 0 Å². The topological polar surface area (TPSA) is 55.4 Å². The van der Waals surface area contributed by atoms with E-state index in [2.05, 4.69) is 26.1 Å². The highest BCUT2D eigenvalue weighted by molar-refractivity contribution is 7.91. The minimum atomic E-state index is -2.93. The molecule has 0 aromatic carbocycles. The van der Waals surface area contributed by atoms with E-state index in [1.165, 1.54) is 6.26 Å². The van der Waals surface area contributed by atoms with Crippen molar-refractivity contribution < 1.29 is 13.2 Å². The molecular weight excluding hydrogens is 262 g/mol. The number of nitrogens with one attached hydrogen (secondary N) is 1. The molecule has 0 aromatic heterocycles. The summed E-state index contributed by atoms with van der Waals surface area (Å²) >= 11 is 0. The molecule has 1 aliphatic carbocycles. The van der Waals surface area contributed by atoms with Crippen molar-refractivity contribution in [1.29, 1.82) is 0 Å². The Balaban J connectivity index is 2.85. The summed E-state index contributed by atoms with van der Waals surface area (Å²) in [7, 11) is -1.20. The minimum absolute atomic E-state index is 0.180. The van der Waals surface area contributed by atoms with E-state index in [-0.39, 0.29) is 16.9 Å². The fourth-order valence-corrected chi connectivity index (χ4v) is 4.39. The van der Waals surface area contributed by atoms with Crippen LogP contribution in [0, 0.1) is 5.92 Å². The first-order chi connectivity index (χ1) is 8.72. The lowest BCUT2D eigenvalue weighted by Crippen LogP contribution is -2.54. The Kier molecular flexibility index (Phi) is 5.83. The molecule has 1 aliphatic rings. The number of sulfone groups is 1. The average Bonchev–Trinajstić information content (AvgIpc) is 2.35. The molecule has 4 nitrogen and oxygen atoms in total. The zero-order chi connectivity index (χ0) is 14.7. The maximum Gasteiger partial charge on any atom is 0.150 e. The van der Waals surface area contributed by atoms with Crippen molar-refractivity contribution >= 4 is 9.84 Å². The van der Waals surface area contributed by atoms with Crippen LogP contribution in [0.25, 0.3) is 0 Å². The van der Waals surface area contributed by atoms with Crippen LogP contribution in [-0.4, -0.2) is 45.2 Å². The van der Waals surface area contributed by atoms with Gasteiger partial charge in [-0.2, -0.15) is 0 Å². The fraction of sp³-hybridized carbons (Fsp3) is 1.00. The van der Waals surface area contributed by atoms with Crippen LogP contribution in [0.2, 0.25) is 0 Å². The zero-order valence-electron chi connectivity index (χ0n) is 12.9. The Morgan fingerprint density at radius 3 is 2.47 bits per heavy atom. The van der Waals surface area contributed by atoms with Crippen LogP contribution in [0.4, 0.5) is 0 Å². The van der Waals surface area contributed by atoms with Gasteiger partial charge in [0.25, 0.3) is 0 Å². The summed E-state index contributed by atoms with van der Waals surface area (Å²) in [5.74, 6) is 0.364. The van der Waals surface area contributed by atoms with Crippen molar-refractivity contribution in [3.8, 4) is 0 Å². The van der Waals surface area contributed by atoms with Gasteiger partial charge in [0.2, 0.25) is 0 Å². The molecule has 19 heavy (non-hydrogen) atoms. The van der Waals surface area contributed by atoms with Gasteiger partial charge in [-0.1, -0.05) is 13.3 Å². The highest BCUT2D eigenvalue weighted by Gasteiger charge is 2.39. The average molecular weight is 291 g/mol. The van der Waals surface area contributed by atoms with Gasteiger partial charge < -0.3 is 10.1 Å². The smallest absolute Gasteiger partial charge is 0.150 e.